The zero-order valence-electron chi connectivity index (χ0n) is 7.58. The van der Waals surface area contributed by atoms with E-state index in [1.165, 1.54) is 6.08 Å². The van der Waals surface area contributed by atoms with Crippen molar-refractivity contribution in [1.82, 2.24) is 0 Å². The molecule has 13 heavy (non-hydrogen) atoms. The fourth-order valence-electron chi connectivity index (χ4n) is 0.609. The SMILES string of the molecule is CCOC(=O)C#CCC/C=C/C=O. The van der Waals surface area contributed by atoms with Crippen LogP contribution in [0.5, 0.6) is 0 Å². The molecule has 0 amide bonds. The number of hydrogen-bond donors (Lipinski definition) is 0. The van der Waals surface area contributed by atoms with Crippen LogP contribution >= 0.6 is 0 Å². The van der Waals surface area contributed by atoms with E-state index in [4.69, 9.17) is 0 Å². The van der Waals surface area contributed by atoms with E-state index in [0.717, 1.165) is 0 Å². The van der Waals surface area contributed by atoms with E-state index in [1.54, 1.807) is 13.0 Å². The van der Waals surface area contributed by atoms with Gasteiger partial charge in [-0.2, -0.15) is 0 Å². The molecule has 0 aromatic rings. The zero-order chi connectivity index (χ0) is 9.94. The maximum absolute atomic E-state index is 10.7. The molecule has 0 bridgehead atoms. The van der Waals surface area contributed by atoms with Gasteiger partial charge in [-0.05, 0) is 19.4 Å². The molecule has 70 valence electrons. The summed E-state index contributed by atoms with van der Waals surface area (Å²) in [7, 11) is 0. The summed E-state index contributed by atoms with van der Waals surface area (Å²) in [6.07, 6.45) is 5.05. The number of carbonyl (C=O) groups excluding carboxylic acids is 2. The molecule has 0 aliphatic heterocycles. The first-order valence-corrected chi connectivity index (χ1v) is 4.07. The number of unbranched alkanes of at least 4 members (excludes halogenated alkanes) is 1. The van der Waals surface area contributed by atoms with Crippen molar-refractivity contribution in [3.05, 3.63) is 12.2 Å². The molecule has 0 atom stereocenters. The van der Waals surface area contributed by atoms with Gasteiger partial charge in [-0.25, -0.2) is 4.79 Å². The first kappa shape index (κ1) is 11.4. The number of ether oxygens (including phenoxy) is 1. The molecule has 0 N–H and O–H groups in total. The topological polar surface area (TPSA) is 43.4 Å². The number of hydrogen-bond acceptors (Lipinski definition) is 3. The molecule has 0 spiro atoms. The quantitative estimate of drug-likeness (QED) is 0.162. The highest BCUT2D eigenvalue weighted by Gasteiger charge is 1.90. The van der Waals surface area contributed by atoms with Gasteiger partial charge in [0.15, 0.2) is 0 Å². The average Bonchev–Trinajstić information content (AvgIpc) is 2.11. The minimum absolute atomic E-state index is 0.346. The lowest BCUT2D eigenvalue weighted by Gasteiger charge is -1.90. The van der Waals surface area contributed by atoms with Gasteiger partial charge in [0.25, 0.3) is 0 Å². The van der Waals surface area contributed by atoms with Crippen LogP contribution in [-0.2, 0) is 14.3 Å². The molecule has 0 saturated heterocycles. The Kier molecular flexibility index (Phi) is 7.51. The molecule has 0 aliphatic rings. The summed E-state index contributed by atoms with van der Waals surface area (Å²) < 4.78 is 4.58. The van der Waals surface area contributed by atoms with E-state index < -0.39 is 5.97 Å². The van der Waals surface area contributed by atoms with E-state index in [-0.39, 0.29) is 0 Å². The fraction of sp³-hybridized carbons (Fsp3) is 0.400. The lowest BCUT2D eigenvalue weighted by Crippen LogP contribution is -1.99. The Bertz CT molecular complexity index is 243. The van der Waals surface area contributed by atoms with Crippen molar-refractivity contribution in [3.8, 4) is 11.8 Å². The van der Waals surface area contributed by atoms with Crippen LogP contribution in [0.3, 0.4) is 0 Å². The highest BCUT2D eigenvalue weighted by molar-refractivity contribution is 5.88. The third kappa shape index (κ3) is 8.35. The maximum Gasteiger partial charge on any atom is 0.384 e. The summed E-state index contributed by atoms with van der Waals surface area (Å²) in [6, 6.07) is 0. The van der Waals surface area contributed by atoms with E-state index in [2.05, 4.69) is 16.6 Å². The molecule has 0 radical (unpaired) electrons. The second-order valence-corrected chi connectivity index (χ2v) is 2.13. The Morgan fingerprint density at radius 1 is 1.54 bits per heavy atom. The number of rotatable bonds is 4. The summed E-state index contributed by atoms with van der Waals surface area (Å²) >= 11 is 0. The van der Waals surface area contributed by atoms with E-state index in [9.17, 15) is 9.59 Å². The Labute approximate surface area is 77.8 Å². The largest absolute Gasteiger partial charge is 0.456 e. The highest BCUT2D eigenvalue weighted by Crippen LogP contribution is 1.87. The Hall–Kier alpha value is -1.56. The molecular weight excluding hydrogens is 168 g/mol. The Balaban J connectivity index is 3.55. The van der Waals surface area contributed by atoms with Gasteiger partial charge < -0.3 is 4.74 Å². The van der Waals surface area contributed by atoms with Crippen LogP contribution in [0.15, 0.2) is 12.2 Å². The lowest BCUT2D eigenvalue weighted by atomic mass is 10.3. The van der Waals surface area contributed by atoms with E-state index >= 15 is 0 Å². The Morgan fingerprint density at radius 2 is 2.31 bits per heavy atom. The summed E-state index contributed by atoms with van der Waals surface area (Å²) in [5.74, 6) is 4.47. The maximum atomic E-state index is 10.7. The summed E-state index contributed by atoms with van der Waals surface area (Å²) in [5.41, 5.74) is 0. The molecule has 3 heteroatoms. The third-order valence-corrected chi connectivity index (χ3v) is 1.12. The lowest BCUT2D eigenvalue weighted by molar-refractivity contribution is -0.136. The van der Waals surface area contributed by atoms with Crippen LogP contribution in [0.25, 0.3) is 0 Å². The van der Waals surface area contributed by atoms with Gasteiger partial charge in [-0.15, -0.1) is 0 Å². The molecule has 3 nitrogen and oxygen atoms in total. The molecular formula is C10H12O3. The highest BCUT2D eigenvalue weighted by atomic mass is 16.5. The van der Waals surface area contributed by atoms with E-state index in [0.29, 0.717) is 25.7 Å². The molecule has 0 aromatic carbocycles. The second kappa shape index (κ2) is 8.54. The number of aldehydes is 1. The molecule has 0 aliphatic carbocycles. The summed E-state index contributed by atoms with van der Waals surface area (Å²) in [5, 5.41) is 0. The number of allylic oxidation sites excluding steroid dienone is 2. The van der Waals surface area contributed by atoms with Crippen LogP contribution in [0.1, 0.15) is 19.8 Å². The normalized spacial score (nSPS) is 9.00. The van der Waals surface area contributed by atoms with Crippen molar-refractivity contribution < 1.29 is 14.3 Å². The van der Waals surface area contributed by atoms with Gasteiger partial charge >= 0.3 is 5.97 Å². The molecule has 0 heterocycles. The first-order valence-electron chi connectivity index (χ1n) is 4.07. The minimum atomic E-state index is -0.498. The van der Waals surface area contributed by atoms with Gasteiger partial charge in [0.05, 0.1) is 6.61 Å². The number of esters is 1. The smallest absolute Gasteiger partial charge is 0.384 e. The zero-order valence-corrected chi connectivity index (χ0v) is 7.58. The standard InChI is InChI=1S/C10H12O3/c1-2-13-10(12)8-6-4-3-5-7-9-11/h5,7,9H,2-4H2,1H3/b7-5+. The van der Waals surface area contributed by atoms with Gasteiger partial charge in [-0.3, -0.25) is 4.79 Å². The van der Waals surface area contributed by atoms with Crippen molar-refractivity contribution in [3.63, 3.8) is 0 Å². The molecule has 0 saturated carbocycles. The number of carbonyl (C=O) groups is 2. The van der Waals surface area contributed by atoms with Crippen molar-refractivity contribution in [2.45, 2.75) is 19.8 Å². The average molecular weight is 180 g/mol. The molecule has 0 rings (SSSR count). The summed E-state index contributed by atoms with van der Waals surface area (Å²) in [6.45, 7) is 2.07. The third-order valence-electron chi connectivity index (χ3n) is 1.12. The fourth-order valence-corrected chi connectivity index (χ4v) is 0.609. The van der Waals surface area contributed by atoms with E-state index in [1.807, 2.05) is 0 Å². The predicted octanol–water partition coefficient (Wildman–Crippen LogP) is 1.09. The summed E-state index contributed by atoms with van der Waals surface area (Å²) in [4.78, 5) is 20.5. The van der Waals surface area contributed by atoms with Crippen molar-refractivity contribution >= 4 is 12.3 Å². The molecule has 0 fully saturated rings. The minimum Gasteiger partial charge on any atom is -0.456 e. The van der Waals surface area contributed by atoms with Crippen LogP contribution < -0.4 is 0 Å². The first-order chi connectivity index (χ1) is 6.31. The van der Waals surface area contributed by atoms with Crippen LogP contribution in [0.4, 0.5) is 0 Å². The monoisotopic (exact) mass is 180 g/mol. The second-order valence-electron chi connectivity index (χ2n) is 2.13. The van der Waals surface area contributed by atoms with Crippen LogP contribution in [-0.4, -0.2) is 18.9 Å². The molecule has 0 unspecified atom stereocenters. The van der Waals surface area contributed by atoms with Crippen molar-refractivity contribution in [2.75, 3.05) is 6.61 Å². The van der Waals surface area contributed by atoms with Crippen LogP contribution in [0, 0.1) is 11.8 Å². The van der Waals surface area contributed by atoms with Crippen molar-refractivity contribution in [2.24, 2.45) is 0 Å². The predicted molar refractivity (Wildman–Crippen MR) is 48.8 cm³/mol. The van der Waals surface area contributed by atoms with Gasteiger partial charge in [0.1, 0.15) is 6.29 Å². The molecule has 0 aromatic heterocycles. The Morgan fingerprint density at radius 3 is 2.92 bits per heavy atom. The van der Waals surface area contributed by atoms with Crippen LogP contribution in [0.2, 0.25) is 0 Å². The van der Waals surface area contributed by atoms with Crippen molar-refractivity contribution in [1.29, 1.82) is 0 Å². The van der Waals surface area contributed by atoms with Gasteiger partial charge in [0, 0.05) is 12.3 Å². The van der Waals surface area contributed by atoms with Gasteiger partial charge in [0.2, 0.25) is 0 Å². The van der Waals surface area contributed by atoms with Gasteiger partial charge in [-0.1, -0.05) is 12.0 Å².